The van der Waals surface area contributed by atoms with E-state index in [0.717, 1.165) is 30.6 Å². The second kappa shape index (κ2) is 7.56. The van der Waals surface area contributed by atoms with Crippen LogP contribution in [-0.4, -0.2) is 51.6 Å². The molecule has 4 amide bonds. The molecule has 5 N–H and O–H groups in total. The molecule has 146 valence electrons. The smallest absolute Gasteiger partial charge is 0.329 e. The van der Waals surface area contributed by atoms with Crippen LogP contribution in [0.2, 0.25) is 0 Å². The molecule has 1 saturated heterocycles. The summed E-state index contributed by atoms with van der Waals surface area (Å²) in [6.07, 6.45) is 3.11. The van der Waals surface area contributed by atoms with Crippen molar-refractivity contribution in [2.24, 2.45) is 11.5 Å². The third kappa shape index (κ3) is 3.62. The van der Waals surface area contributed by atoms with Crippen LogP contribution < -0.4 is 11.5 Å². The Labute approximate surface area is 158 Å². The zero-order chi connectivity index (χ0) is 19.6. The molecular weight excluding hydrogens is 348 g/mol. The van der Waals surface area contributed by atoms with Gasteiger partial charge in [-0.2, -0.15) is 0 Å². The maximum absolute atomic E-state index is 13.1. The van der Waals surface area contributed by atoms with Crippen molar-refractivity contribution in [1.82, 2.24) is 9.80 Å². The lowest BCUT2D eigenvalue weighted by molar-refractivity contribution is -0.137. The van der Waals surface area contributed by atoms with E-state index in [0.29, 0.717) is 5.56 Å². The first-order valence-corrected chi connectivity index (χ1v) is 9.28. The molecule has 1 saturated carbocycles. The van der Waals surface area contributed by atoms with Crippen LogP contribution in [0.3, 0.4) is 0 Å². The summed E-state index contributed by atoms with van der Waals surface area (Å²) < 4.78 is 0. The van der Waals surface area contributed by atoms with Crippen LogP contribution in [0.4, 0.5) is 9.59 Å². The summed E-state index contributed by atoms with van der Waals surface area (Å²) in [5.74, 6) is -0.982. The second-order valence-corrected chi connectivity index (χ2v) is 7.44. The van der Waals surface area contributed by atoms with E-state index in [4.69, 9.17) is 11.5 Å². The lowest BCUT2D eigenvalue weighted by atomic mass is 9.84. The second-order valence-electron chi connectivity index (χ2n) is 7.44. The van der Waals surface area contributed by atoms with Crippen molar-refractivity contribution in [1.29, 1.82) is 0 Å². The molecule has 1 aromatic carbocycles. The predicted octanol–water partition coefficient (Wildman–Crippen LogP) is 1.83. The zero-order valence-electron chi connectivity index (χ0n) is 15.2. The molecule has 8 heteroatoms. The molecule has 1 aromatic rings. The SMILES string of the molecule is NC(=O)N1C(=O)N(C2CCC(N)CC2)CC1(CCC(=O)O)c1ccccc1. The molecule has 27 heavy (non-hydrogen) atoms. The maximum Gasteiger partial charge on any atom is 0.329 e. The quantitative estimate of drug-likeness (QED) is 0.724. The largest absolute Gasteiger partial charge is 0.481 e. The van der Waals surface area contributed by atoms with E-state index in [1.807, 2.05) is 30.3 Å². The molecule has 1 unspecified atom stereocenters. The fourth-order valence-corrected chi connectivity index (χ4v) is 4.35. The summed E-state index contributed by atoms with van der Waals surface area (Å²) >= 11 is 0. The molecule has 8 nitrogen and oxygen atoms in total. The first-order chi connectivity index (χ1) is 12.8. The van der Waals surface area contributed by atoms with Gasteiger partial charge in [0.05, 0.1) is 12.1 Å². The highest BCUT2D eigenvalue weighted by Crippen LogP contribution is 2.42. The van der Waals surface area contributed by atoms with Gasteiger partial charge in [0.2, 0.25) is 0 Å². The number of benzene rings is 1. The molecule has 0 aromatic heterocycles. The normalized spacial score (nSPS) is 28.4. The number of nitrogens with two attached hydrogens (primary N) is 2. The molecule has 0 bridgehead atoms. The van der Waals surface area contributed by atoms with Crippen LogP contribution in [0.5, 0.6) is 0 Å². The fraction of sp³-hybridized carbons (Fsp3) is 0.526. The Morgan fingerprint density at radius 1 is 1.15 bits per heavy atom. The molecular formula is C19H26N4O4. The first kappa shape index (κ1) is 19.2. The molecule has 1 heterocycles. The topological polar surface area (TPSA) is 130 Å². The lowest BCUT2D eigenvalue weighted by Crippen LogP contribution is -2.51. The van der Waals surface area contributed by atoms with Crippen molar-refractivity contribution in [2.45, 2.75) is 56.1 Å². The minimum absolute atomic E-state index is 0.0189. The Kier molecular flexibility index (Phi) is 5.36. The number of primary amides is 1. The van der Waals surface area contributed by atoms with Crippen LogP contribution in [0.1, 0.15) is 44.1 Å². The number of rotatable bonds is 5. The Bertz CT molecular complexity index is 718. The highest BCUT2D eigenvalue weighted by atomic mass is 16.4. The molecule has 0 spiro atoms. The van der Waals surface area contributed by atoms with Gasteiger partial charge < -0.3 is 21.5 Å². The first-order valence-electron chi connectivity index (χ1n) is 9.28. The summed E-state index contributed by atoms with van der Waals surface area (Å²) in [7, 11) is 0. The van der Waals surface area contributed by atoms with Crippen LogP contribution in [0.15, 0.2) is 30.3 Å². The van der Waals surface area contributed by atoms with Crippen molar-refractivity contribution >= 4 is 18.0 Å². The van der Waals surface area contributed by atoms with Gasteiger partial charge in [0.25, 0.3) is 0 Å². The summed E-state index contributed by atoms with van der Waals surface area (Å²) in [4.78, 5) is 39.4. The van der Waals surface area contributed by atoms with E-state index >= 15 is 0 Å². The van der Waals surface area contributed by atoms with E-state index in [-0.39, 0.29) is 31.5 Å². The average Bonchev–Trinajstić information content (AvgIpc) is 2.95. The van der Waals surface area contributed by atoms with Gasteiger partial charge in [-0.05, 0) is 37.7 Å². The van der Waals surface area contributed by atoms with Gasteiger partial charge in [0, 0.05) is 18.5 Å². The molecule has 1 aliphatic carbocycles. The monoisotopic (exact) mass is 374 g/mol. The van der Waals surface area contributed by atoms with Crippen molar-refractivity contribution in [3.63, 3.8) is 0 Å². The number of urea groups is 2. The average molecular weight is 374 g/mol. The summed E-state index contributed by atoms with van der Waals surface area (Å²) in [5, 5.41) is 9.22. The predicted molar refractivity (Wildman–Crippen MR) is 98.7 cm³/mol. The van der Waals surface area contributed by atoms with E-state index < -0.39 is 23.6 Å². The number of hydrogen-bond acceptors (Lipinski definition) is 4. The molecule has 1 atom stereocenters. The van der Waals surface area contributed by atoms with Crippen molar-refractivity contribution in [2.75, 3.05) is 6.54 Å². The molecule has 2 fully saturated rings. The zero-order valence-corrected chi connectivity index (χ0v) is 15.2. The number of carboxylic acids is 1. The van der Waals surface area contributed by atoms with E-state index in [1.165, 1.54) is 0 Å². The third-order valence-corrected chi connectivity index (χ3v) is 5.76. The highest BCUT2D eigenvalue weighted by Gasteiger charge is 2.54. The standard InChI is InChI=1S/C19H26N4O4/c20-14-6-8-15(9-7-14)22-12-19(11-10-16(24)25,13-4-2-1-3-5-13)23(17(21)26)18(22)27/h1-5,14-15H,6-12,20H2,(H2,21,26)(H,24,25). The van der Waals surface area contributed by atoms with Crippen molar-refractivity contribution in [3.8, 4) is 0 Å². The Balaban J connectivity index is 2.00. The lowest BCUT2D eigenvalue weighted by Gasteiger charge is -2.35. The van der Waals surface area contributed by atoms with Crippen LogP contribution in [0.25, 0.3) is 0 Å². The van der Waals surface area contributed by atoms with Gasteiger partial charge in [-0.3, -0.25) is 4.79 Å². The van der Waals surface area contributed by atoms with E-state index in [2.05, 4.69) is 0 Å². The van der Waals surface area contributed by atoms with Gasteiger partial charge in [0.15, 0.2) is 0 Å². The number of carboxylic acid groups (broad SMARTS) is 1. The van der Waals surface area contributed by atoms with Gasteiger partial charge in [0.1, 0.15) is 0 Å². The van der Waals surface area contributed by atoms with Crippen molar-refractivity contribution < 1.29 is 19.5 Å². The third-order valence-electron chi connectivity index (χ3n) is 5.76. The van der Waals surface area contributed by atoms with Crippen LogP contribution in [0, 0.1) is 0 Å². The van der Waals surface area contributed by atoms with E-state index in [9.17, 15) is 19.5 Å². The summed E-state index contributed by atoms with van der Waals surface area (Å²) in [6.45, 7) is 0.242. The fourth-order valence-electron chi connectivity index (χ4n) is 4.35. The molecule has 2 aliphatic rings. The number of aliphatic carboxylic acids is 1. The number of carbonyl (C=O) groups is 3. The maximum atomic E-state index is 13.1. The number of imide groups is 1. The number of carbonyl (C=O) groups excluding carboxylic acids is 2. The minimum Gasteiger partial charge on any atom is -0.481 e. The molecule has 0 radical (unpaired) electrons. The summed E-state index contributed by atoms with van der Waals surface area (Å²) in [6, 6.07) is 7.89. The van der Waals surface area contributed by atoms with Gasteiger partial charge >= 0.3 is 18.0 Å². The number of nitrogens with zero attached hydrogens (tertiary/aromatic N) is 2. The molecule has 1 aliphatic heterocycles. The Hall–Kier alpha value is -2.61. The highest BCUT2D eigenvalue weighted by molar-refractivity contribution is 5.96. The van der Waals surface area contributed by atoms with Crippen LogP contribution in [-0.2, 0) is 10.3 Å². The van der Waals surface area contributed by atoms with Gasteiger partial charge in [-0.15, -0.1) is 0 Å². The summed E-state index contributed by atoms with van der Waals surface area (Å²) in [5.41, 5.74) is 11.2. The van der Waals surface area contributed by atoms with Gasteiger partial charge in [-0.25, -0.2) is 14.5 Å². The number of hydrogen-bond donors (Lipinski definition) is 3. The van der Waals surface area contributed by atoms with Gasteiger partial charge in [-0.1, -0.05) is 30.3 Å². The van der Waals surface area contributed by atoms with Crippen molar-refractivity contribution in [3.05, 3.63) is 35.9 Å². The Morgan fingerprint density at radius 3 is 2.33 bits per heavy atom. The number of amides is 4. The minimum atomic E-state index is -1.08. The molecule has 3 rings (SSSR count). The van der Waals surface area contributed by atoms with Crippen LogP contribution >= 0.6 is 0 Å². The Morgan fingerprint density at radius 2 is 1.78 bits per heavy atom. The van der Waals surface area contributed by atoms with E-state index in [1.54, 1.807) is 4.90 Å².